The third-order valence-electron chi connectivity index (χ3n) is 0.656. The largest absolute Gasteiger partial charge is 0.405 e. The summed E-state index contributed by atoms with van der Waals surface area (Å²) in [5, 5.41) is 0.0353. The summed E-state index contributed by atoms with van der Waals surface area (Å²) in [6.45, 7) is 0. The van der Waals surface area contributed by atoms with Crippen LogP contribution in [0.2, 0.25) is 0 Å². The minimum Gasteiger partial charge on any atom is -0.405 e. The van der Waals surface area contributed by atoms with Crippen molar-refractivity contribution < 1.29 is 4.79 Å². The van der Waals surface area contributed by atoms with E-state index in [4.69, 9.17) is 5.73 Å². The Morgan fingerprint density at radius 3 is 2.67 bits per heavy atom. The molecule has 0 rings (SSSR count). The second-order valence-electron chi connectivity index (χ2n) is 1.27. The third kappa shape index (κ3) is 5.17. The van der Waals surface area contributed by atoms with E-state index < -0.39 is 0 Å². The normalized spacial score (nSPS) is 11.2. The number of rotatable bonds is 2. The van der Waals surface area contributed by atoms with Crippen molar-refractivity contribution in [3.05, 3.63) is 24.4 Å². The van der Waals surface area contributed by atoms with Crippen LogP contribution in [0.5, 0.6) is 0 Å². The van der Waals surface area contributed by atoms with E-state index in [-0.39, 0.29) is 5.12 Å². The van der Waals surface area contributed by atoms with Gasteiger partial charge in [0, 0.05) is 0 Å². The maximum atomic E-state index is 10.5. The molecule has 0 amide bonds. The molecular formula is C6H9NOS. The van der Waals surface area contributed by atoms with E-state index in [2.05, 4.69) is 0 Å². The van der Waals surface area contributed by atoms with Gasteiger partial charge in [0.05, 0.1) is 0 Å². The van der Waals surface area contributed by atoms with Crippen LogP contribution in [0.25, 0.3) is 0 Å². The molecule has 0 spiro atoms. The Morgan fingerprint density at radius 1 is 1.56 bits per heavy atom. The van der Waals surface area contributed by atoms with Crippen molar-refractivity contribution in [3.63, 3.8) is 0 Å². The first kappa shape index (κ1) is 8.30. The molecule has 0 aromatic heterocycles. The first-order chi connectivity index (χ1) is 4.31. The number of hydrogen-bond donors (Lipinski definition) is 1. The van der Waals surface area contributed by atoms with Gasteiger partial charge in [0.25, 0.3) is 0 Å². The fraction of sp³-hybridized carbons (Fsp3) is 0.167. The molecular weight excluding hydrogens is 134 g/mol. The van der Waals surface area contributed by atoms with Gasteiger partial charge in [-0.05, 0) is 24.6 Å². The number of hydrogen-bond acceptors (Lipinski definition) is 3. The second kappa shape index (κ2) is 5.44. The van der Waals surface area contributed by atoms with Crippen molar-refractivity contribution in [1.29, 1.82) is 0 Å². The standard InChI is InChI=1S/C6H9NOS/c1-9-6(8)4-2-3-5-7/h2-5H,7H2,1H3/b4-2+,5-3+. The number of carbonyl (C=O) groups is 1. The van der Waals surface area contributed by atoms with Crippen molar-refractivity contribution in [2.45, 2.75) is 0 Å². The van der Waals surface area contributed by atoms with Crippen LogP contribution in [0.4, 0.5) is 0 Å². The van der Waals surface area contributed by atoms with Crippen LogP contribution in [0.15, 0.2) is 24.4 Å². The average molecular weight is 143 g/mol. The lowest BCUT2D eigenvalue weighted by molar-refractivity contribution is -0.107. The molecule has 9 heavy (non-hydrogen) atoms. The maximum Gasteiger partial charge on any atom is 0.211 e. The van der Waals surface area contributed by atoms with Crippen LogP contribution in [-0.4, -0.2) is 11.4 Å². The highest BCUT2D eigenvalue weighted by Gasteiger charge is 1.85. The molecule has 0 aromatic rings. The molecule has 0 aliphatic heterocycles. The van der Waals surface area contributed by atoms with Crippen molar-refractivity contribution >= 4 is 16.9 Å². The molecule has 2 N–H and O–H groups in total. The molecule has 0 radical (unpaired) electrons. The Balaban J connectivity index is 3.57. The molecule has 50 valence electrons. The highest BCUT2D eigenvalue weighted by molar-refractivity contribution is 8.13. The van der Waals surface area contributed by atoms with Gasteiger partial charge in [0.2, 0.25) is 5.12 Å². The summed E-state index contributed by atoms with van der Waals surface area (Å²) in [7, 11) is 0. The topological polar surface area (TPSA) is 43.1 Å². The SMILES string of the molecule is CSC(=O)/C=C/C=C/N. The third-order valence-corrected chi connectivity index (χ3v) is 1.19. The van der Waals surface area contributed by atoms with Gasteiger partial charge in [-0.15, -0.1) is 0 Å². The maximum absolute atomic E-state index is 10.5. The van der Waals surface area contributed by atoms with Gasteiger partial charge in [0.1, 0.15) is 0 Å². The van der Waals surface area contributed by atoms with E-state index >= 15 is 0 Å². The van der Waals surface area contributed by atoms with Gasteiger partial charge in [-0.3, -0.25) is 4.79 Å². The number of allylic oxidation sites excluding steroid dienone is 2. The van der Waals surface area contributed by atoms with E-state index in [0.29, 0.717) is 0 Å². The quantitative estimate of drug-likeness (QED) is 0.461. The van der Waals surface area contributed by atoms with Crippen molar-refractivity contribution in [2.24, 2.45) is 5.73 Å². The zero-order valence-electron chi connectivity index (χ0n) is 5.20. The minimum absolute atomic E-state index is 0.0353. The van der Waals surface area contributed by atoms with E-state index in [0.717, 1.165) is 0 Å². The smallest absolute Gasteiger partial charge is 0.211 e. The van der Waals surface area contributed by atoms with E-state index in [1.807, 2.05) is 0 Å². The molecule has 0 bridgehead atoms. The van der Waals surface area contributed by atoms with Crippen molar-refractivity contribution in [3.8, 4) is 0 Å². The predicted octanol–water partition coefficient (Wildman–Crippen LogP) is 0.905. The summed E-state index contributed by atoms with van der Waals surface area (Å²) in [6, 6.07) is 0. The lowest BCUT2D eigenvalue weighted by Gasteiger charge is -1.79. The fourth-order valence-corrected chi connectivity index (χ4v) is 0.481. The van der Waals surface area contributed by atoms with E-state index in [1.165, 1.54) is 24.0 Å². The van der Waals surface area contributed by atoms with Gasteiger partial charge in [-0.25, -0.2) is 0 Å². The Morgan fingerprint density at radius 2 is 2.22 bits per heavy atom. The summed E-state index contributed by atoms with van der Waals surface area (Å²) in [6.07, 6.45) is 7.80. The summed E-state index contributed by atoms with van der Waals surface area (Å²) in [4.78, 5) is 10.5. The molecule has 0 saturated heterocycles. The average Bonchev–Trinajstić information content (AvgIpc) is 1.89. The van der Waals surface area contributed by atoms with Gasteiger partial charge >= 0.3 is 0 Å². The van der Waals surface area contributed by atoms with Crippen LogP contribution in [0, 0.1) is 0 Å². The molecule has 0 fully saturated rings. The molecule has 0 atom stereocenters. The van der Waals surface area contributed by atoms with Crippen molar-refractivity contribution in [1.82, 2.24) is 0 Å². The summed E-state index contributed by atoms with van der Waals surface area (Å²) >= 11 is 1.17. The Bertz CT molecular complexity index is 140. The lowest BCUT2D eigenvalue weighted by atomic mass is 10.5. The molecule has 0 aliphatic rings. The number of carbonyl (C=O) groups excluding carboxylic acids is 1. The summed E-state index contributed by atoms with van der Waals surface area (Å²) in [5.74, 6) is 0. The van der Waals surface area contributed by atoms with Crippen LogP contribution in [0.3, 0.4) is 0 Å². The van der Waals surface area contributed by atoms with Crippen LogP contribution < -0.4 is 5.73 Å². The van der Waals surface area contributed by atoms with Crippen molar-refractivity contribution in [2.75, 3.05) is 6.26 Å². The Labute approximate surface area is 58.8 Å². The molecule has 3 heteroatoms. The minimum atomic E-state index is 0.0353. The lowest BCUT2D eigenvalue weighted by Crippen LogP contribution is -1.80. The summed E-state index contributed by atoms with van der Waals surface area (Å²) < 4.78 is 0. The van der Waals surface area contributed by atoms with Crippen LogP contribution in [0.1, 0.15) is 0 Å². The van der Waals surface area contributed by atoms with E-state index in [9.17, 15) is 4.79 Å². The van der Waals surface area contributed by atoms with Crippen LogP contribution >= 0.6 is 11.8 Å². The molecule has 0 aliphatic carbocycles. The zero-order valence-corrected chi connectivity index (χ0v) is 6.02. The number of thioether (sulfide) groups is 1. The summed E-state index contributed by atoms with van der Waals surface area (Å²) in [5.41, 5.74) is 5.01. The van der Waals surface area contributed by atoms with E-state index in [1.54, 1.807) is 18.4 Å². The Hall–Kier alpha value is -0.700. The molecule has 2 nitrogen and oxygen atoms in total. The first-order valence-corrected chi connectivity index (χ1v) is 3.66. The van der Waals surface area contributed by atoms with Crippen LogP contribution in [-0.2, 0) is 4.79 Å². The highest BCUT2D eigenvalue weighted by atomic mass is 32.2. The molecule has 0 unspecified atom stereocenters. The molecule has 0 saturated carbocycles. The van der Waals surface area contributed by atoms with Gasteiger partial charge in [0.15, 0.2) is 0 Å². The van der Waals surface area contributed by atoms with Gasteiger partial charge in [-0.1, -0.05) is 17.8 Å². The first-order valence-electron chi connectivity index (χ1n) is 2.44. The monoisotopic (exact) mass is 143 g/mol. The fourth-order valence-electron chi connectivity index (χ4n) is 0.266. The molecule has 0 heterocycles. The zero-order chi connectivity index (χ0) is 7.11. The molecule has 0 aromatic carbocycles. The number of nitrogens with two attached hydrogens (primary N) is 1. The van der Waals surface area contributed by atoms with Gasteiger partial charge in [-0.2, -0.15) is 0 Å². The second-order valence-corrected chi connectivity index (χ2v) is 2.08. The Kier molecular flexibility index (Phi) is 5.01. The van der Waals surface area contributed by atoms with Gasteiger partial charge < -0.3 is 5.73 Å². The highest BCUT2D eigenvalue weighted by Crippen LogP contribution is 1.94. The predicted molar refractivity (Wildman–Crippen MR) is 41.0 cm³/mol.